The highest BCUT2D eigenvalue weighted by atomic mass is 35.5. The second-order valence-electron chi connectivity index (χ2n) is 6.87. The molecule has 3 rings (SSSR count). The van der Waals surface area contributed by atoms with Crippen LogP contribution in [0.15, 0.2) is 84.0 Å². The maximum absolute atomic E-state index is 10.5. The van der Waals surface area contributed by atoms with Crippen LogP contribution in [0.3, 0.4) is 0 Å². The van der Waals surface area contributed by atoms with Crippen molar-refractivity contribution >= 4 is 39.0 Å². The lowest BCUT2D eigenvalue weighted by Crippen LogP contribution is -2.32. The molecule has 1 aromatic heterocycles. The van der Waals surface area contributed by atoms with Crippen molar-refractivity contribution in [2.75, 3.05) is 29.7 Å². The van der Waals surface area contributed by atoms with Gasteiger partial charge >= 0.3 is 0 Å². The number of halogens is 2. The lowest BCUT2D eigenvalue weighted by molar-refractivity contribution is -0.688. The van der Waals surface area contributed by atoms with Crippen molar-refractivity contribution in [3.63, 3.8) is 0 Å². The Morgan fingerprint density at radius 2 is 1.42 bits per heavy atom. The fraction of sp³-hybridized carbons (Fsp3) is 0.261. The summed E-state index contributed by atoms with van der Waals surface area (Å²) < 4.78 is 31.7. The predicted octanol–water partition coefficient (Wildman–Crippen LogP) is 4.55. The molecule has 5 nitrogen and oxygen atoms in total. The lowest BCUT2D eigenvalue weighted by Gasteiger charge is -2.22. The van der Waals surface area contributed by atoms with Crippen molar-refractivity contribution in [2.24, 2.45) is 0 Å². The topological polar surface area (TPSA) is 61.5 Å². The molecule has 8 heteroatoms. The number of nitrogens with zero attached hydrogens (tertiary/aromatic N) is 2. The van der Waals surface area contributed by atoms with Crippen molar-refractivity contribution in [1.29, 1.82) is 0 Å². The zero-order valence-corrected chi connectivity index (χ0v) is 19.7. The molecule has 31 heavy (non-hydrogen) atoms. The Morgan fingerprint density at radius 3 is 1.90 bits per heavy atom. The molecule has 0 aliphatic carbocycles. The Bertz CT molecular complexity index is 1010. The van der Waals surface area contributed by atoms with E-state index in [1.54, 1.807) is 12.1 Å². The number of anilines is 1. The molecule has 0 saturated carbocycles. The summed E-state index contributed by atoms with van der Waals surface area (Å²) >= 11 is 11.7. The summed E-state index contributed by atoms with van der Waals surface area (Å²) in [7, 11) is -4.02. The first kappa shape index (κ1) is 25.1. The molecule has 3 aromatic rings. The van der Waals surface area contributed by atoms with Crippen LogP contribution in [0.5, 0.6) is 0 Å². The summed E-state index contributed by atoms with van der Waals surface area (Å²) in [6, 6.07) is 20.7. The number of benzene rings is 2. The highest BCUT2D eigenvalue weighted by Gasteiger charge is 2.07. The molecule has 0 spiro atoms. The quantitative estimate of drug-likeness (QED) is 0.291. The molecule has 0 aliphatic heterocycles. The van der Waals surface area contributed by atoms with Crippen molar-refractivity contribution in [2.45, 2.75) is 18.4 Å². The third-order valence-electron chi connectivity index (χ3n) is 4.47. The summed E-state index contributed by atoms with van der Waals surface area (Å²) in [4.78, 5) is 2.14. The number of alkyl halides is 2. The van der Waals surface area contributed by atoms with Gasteiger partial charge in [0.2, 0.25) is 0 Å². The van der Waals surface area contributed by atoms with Gasteiger partial charge in [0, 0.05) is 48.2 Å². The molecule has 0 fully saturated rings. The Hall–Kier alpha value is -2.12. The maximum atomic E-state index is 10.5. The fourth-order valence-corrected chi connectivity index (χ4v) is 3.74. The van der Waals surface area contributed by atoms with E-state index in [2.05, 4.69) is 46.1 Å². The summed E-state index contributed by atoms with van der Waals surface area (Å²) in [5, 5.41) is 0. The minimum Gasteiger partial charge on any atom is -0.369 e. The van der Waals surface area contributed by atoms with E-state index in [4.69, 9.17) is 27.8 Å². The Labute approximate surface area is 194 Å². The molecule has 0 bridgehead atoms. The van der Waals surface area contributed by atoms with Gasteiger partial charge in [0.05, 0.1) is 4.90 Å². The number of aryl methyl sites for hydroxylation is 1. The van der Waals surface area contributed by atoms with Crippen LogP contribution in [0.1, 0.15) is 11.1 Å². The average molecular weight is 482 g/mol. The van der Waals surface area contributed by atoms with E-state index in [0.717, 1.165) is 25.2 Å². The molecular formula is C23H27Cl2N2O3S+. The molecule has 1 N–H and O–H groups in total. The summed E-state index contributed by atoms with van der Waals surface area (Å²) in [6.45, 7) is 4.36. The standard InChI is InChI=1S/C16H19Cl2N2.C7H8O3S/c17-8-12-20(13-9-18)16-6-4-15(5-7-16)14-19-10-2-1-3-11-19;1-6-2-4-7(5-3-6)11(8,9)10/h1-7,10-11H,8-9,12-14H2;2-5H,1H3,(H,8,9,10)/q+1;. The Kier molecular flexibility index (Phi) is 10.3. The van der Waals surface area contributed by atoms with E-state index in [9.17, 15) is 8.42 Å². The first-order valence-electron chi connectivity index (χ1n) is 9.77. The second kappa shape index (κ2) is 12.7. The molecule has 0 atom stereocenters. The van der Waals surface area contributed by atoms with Gasteiger partial charge in [-0.25, -0.2) is 4.57 Å². The molecule has 1 heterocycles. The van der Waals surface area contributed by atoms with Crippen LogP contribution in [0.4, 0.5) is 5.69 Å². The minimum atomic E-state index is -4.02. The molecule has 166 valence electrons. The predicted molar refractivity (Wildman–Crippen MR) is 127 cm³/mol. The van der Waals surface area contributed by atoms with Crippen LogP contribution in [-0.2, 0) is 16.7 Å². The van der Waals surface area contributed by atoms with Gasteiger partial charge < -0.3 is 4.90 Å². The highest BCUT2D eigenvalue weighted by Crippen LogP contribution is 2.15. The van der Waals surface area contributed by atoms with Gasteiger partial charge in [-0.1, -0.05) is 35.9 Å². The second-order valence-corrected chi connectivity index (χ2v) is 9.04. The van der Waals surface area contributed by atoms with Crippen LogP contribution in [0.2, 0.25) is 0 Å². The monoisotopic (exact) mass is 481 g/mol. The van der Waals surface area contributed by atoms with Gasteiger partial charge in [-0.2, -0.15) is 8.42 Å². The van der Waals surface area contributed by atoms with Crippen LogP contribution < -0.4 is 9.47 Å². The summed E-state index contributed by atoms with van der Waals surface area (Å²) in [5.74, 6) is 1.22. The van der Waals surface area contributed by atoms with Gasteiger partial charge in [0.15, 0.2) is 18.9 Å². The minimum absolute atomic E-state index is 0.0666. The highest BCUT2D eigenvalue weighted by molar-refractivity contribution is 7.85. The van der Waals surface area contributed by atoms with E-state index >= 15 is 0 Å². The van der Waals surface area contributed by atoms with E-state index in [1.807, 2.05) is 25.1 Å². The SMILES string of the molecule is Cc1ccc(S(=O)(=O)O)cc1.ClCCN(CCCl)c1ccc(C[n+]2ccccc2)cc1. The molecule has 0 amide bonds. The number of aromatic nitrogens is 1. The normalized spacial score (nSPS) is 10.8. The Morgan fingerprint density at radius 1 is 0.871 bits per heavy atom. The average Bonchev–Trinajstić information content (AvgIpc) is 2.75. The molecule has 0 radical (unpaired) electrons. The van der Waals surface area contributed by atoms with Gasteiger partial charge in [-0.15, -0.1) is 23.2 Å². The fourth-order valence-electron chi connectivity index (χ4n) is 2.85. The van der Waals surface area contributed by atoms with E-state index < -0.39 is 10.1 Å². The van der Waals surface area contributed by atoms with Gasteiger partial charge in [0.25, 0.3) is 10.1 Å². The van der Waals surface area contributed by atoms with Gasteiger partial charge in [-0.05, 0) is 31.2 Å². The van der Waals surface area contributed by atoms with E-state index in [1.165, 1.54) is 23.4 Å². The number of hydrogen-bond acceptors (Lipinski definition) is 3. The first-order valence-corrected chi connectivity index (χ1v) is 12.3. The van der Waals surface area contributed by atoms with Crippen molar-refractivity contribution in [1.82, 2.24) is 0 Å². The zero-order chi connectivity index (χ0) is 22.7. The van der Waals surface area contributed by atoms with Crippen molar-refractivity contribution in [3.05, 3.63) is 90.3 Å². The van der Waals surface area contributed by atoms with E-state index in [-0.39, 0.29) is 4.90 Å². The molecule has 0 saturated heterocycles. The zero-order valence-electron chi connectivity index (χ0n) is 17.4. The lowest BCUT2D eigenvalue weighted by atomic mass is 10.2. The van der Waals surface area contributed by atoms with Crippen LogP contribution >= 0.6 is 23.2 Å². The van der Waals surface area contributed by atoms with Crippen molar-refractivity contribution in [3.8, 4) is 0 Å². The largest absolute Gasteiger partial charge is 0.369 e. The number of rotatable bonds is 8. The van der Waals surface area contributed by atoms with Gasteiger partial charge in [0.1, 0.15) is 0 Å². The third kappa shape index (κ3) is 8.87. The number of hydrogen-bond donors (Lipinski definition) is 1. The Balaban J connectivity index is 0.000000262. The molecule has 2 aromatic carbocycles. The summed E-state index contributed by atoms with van der Waals surface area (Å²) in [5.41, 5.74) is 3.41. The van der Waals surface area contributed by atoms with Gasteiger partial charge in [-0.3, -0.25) is 4.55 Å². The third-order valence-corrected chi connectivity index (χ3v) is 5.68. The molecule has 0 unspecified atom stereocenters. The first-order chi connectivity index (χ1) is 14.8. The van der Waals surface area contributed by atoms with E-state index in [0.29, 0.717) is 11.8 Å². The number of pyridine rings is 1. The summed E-state index contributed by atoms with van der Waals surface area (Å²) in [6.07, 6.45) is 4.14. The maximum Gasteiger partial charge on any atom is 0.294 e. The van der Waals surface area contributed by atoms with Crippen LogP contribution in [0.25, 0.3) is 0 Å². The van der Waals surface area contributed by atoms with Crippen LogP contribution in [-0.4, -0.2) is 37.8 Å². The molecule has 0 aliphatic rings. The smallest absolute Gasteiger partial charge is 0.294 e. The van der Waals surface area contributed by atoms with Crippen LogP contribution in [0, 0.1) is 6.92 Å². The molecular weight excluding hydrogens is 455 g/mol. The van der Waals surface area contributed by atoms with Crippen molar-refractivity contribution < 1.29 is 17.5 Å².